The average Bonchev–Trinajstić information content (AvgIpc) is 2.42. The summed E-state index contributed by atoms with van der Waals surface area (Å²) < 4.78 is 14.8. The largest absolute Gasteiger partial charge is 0.330 e. The van der Waals surface area contributed by atoms with Crippen molar-refractivity contribution in [3.8, 4) is 0 Å². The van der Waals surface area contributed by atoms with Crippen molar-refractivity contribution in [2.24, 2.45) is 11.7 Å². The van der Waals surface area contributed by atoms with Crippen molar-refractivity contribution in [3.63, 3.8) is 0 Å². The summed E-state index contributed by atoms with van der Waals surface area (Å²) in [5, 5.41) is 0. The molecule has 1 saturated heterocycles. The van der Waals surface area contributed by atoms with Crippen LogP contribution in [-0.2, 0) is 0 Å². The zero-order chi connectivity index (χ0) is 13.8. The van der Waals surface area contributed by atoms with Crippen LogP contribution in [0.15, 0.2) is 22.7 Å². The van der Waals surface area contributed by atoms with Crippen molar-refractivity contribution in [1.29, 1.82) is 0 Å². The molecule has 1 aromatic carbocycles. The monoisotopic (exact) mass is 328 g/mol. The van der Waals surface area contributed by atoms with Crippen LogP contribution in [0.1, 0.15) is 37.8 Å². The molecule has 0 spiro atoms. The second-order valence-corrected chi connectivity index (χ2v) is 6.31. The number of hydrogen-bond acceptors (Lipinski definition) is 2. The maximum Gasteiger partial charge on any atom is 0.128 e. The third-order valence-electron chi connectivity index (χ3n) is 4.18. The molecule has 0 aliphatic carbocycles. The van der Waals surface area contributed by atoms with Gasteiger partial charge in [-0.15, -0.1) is 0 Å². The normalized spacial score (nSPS) is 19.6. The summed E-state index contributed by atoms with van der Waals surface area (Å²) in [4.78, 5) is 2.37. The molecular formula is C15H22BrFN2. The Labute approximate surface area is 123 Å². The van der Waals surface area contributed by atoms with E-state index >= 15 is 0 Å². The third-order valence-corrected chi connectivity index (χ3v) is 4.67. The van der Waals surface area contributed by atoms with E-state index in [1.165, 1.54) is 18.9 Å². The van der Waals surface area contributed by atoms with Crippen LogP contribution in [-0.4, -0.2) is 24.5 Å². The summed E-state index contributed by atoms with van der Waals surface area (Å²) in [6, 6.07) is 5.32. The number of likely N-dealkylation sites (tertiary alicyclic amines) is 1. The topological polar surface area (TPSA) is 29.3 Å². The van der Waals surface area contributed by atoms with Gasteiger partial charge in [0, 0.05) is 16.1 Å². The van der Waals surface area contributed by atoms with E-state index in [1.54, 1.807) is 6.07 Å². The van der Waals surface area contributed by atoms with Crippen molar-refractivity contribution < 1.29 is 4.39 Å². The van der Waals surface area contributed by atoms with Gasteiger partial charge in [-0.25, -0.2) is 4.39 Å². The summed E-state index contributed by atoms with van der Waals surface area (Å²) in [7, 11) is 0. The van der Waals surface area contributed by atoms with E-state index in [2.05, 4.69) is 27.8 Å². The Balaban J connectivity index is 2.01. The highest BCUT2D eigenvalue weighted by molar-refractivity contribution is 9.10. The molecule has 2 rings (SSSR count). The van der Waals surface area contributed by atoms with Crippen LogP contribution in [0.4, 0.5) is 4.39 Å². The number of piperidine rings is 1. The van der Waals surface area contributed by atoms with Crippen LogP contribution in [0, 0.1) is 11.7 Å². The molecule has 0 radical (unpaired) electrons. The summed E-state index contributed by atoms with van der Waals surface area (Å²) in [5.41, 5.74) is 6.40. The van der Waals surface area contributed by atoms with Gasteiger partial charge in [-0.3, -0.25) is 4.90 Å². The second kappa shape index (κ2) is 6.82. The number of benzene rings is 1. The molecule has 2 nitrogen and oxygen atoms in total. The molecule has 0 amide bonds. The highest BCUT2D eigenvalue weighted by Crippen LogP contribution is 2.30. The molecule has 1 aliphatic heterocycles. The average molecular weight is 329 g/mol. The minimum atomic E-state index is -0.111. The smallest absolute Gasteiger partial charge is 0.128 e. The summed E-state index contributed by atoms with van der Waals surface area (Å²) in [5.74, 6) is 0.639. The van der Waals surface area contributed by atoms with Crippen LogP contribution >= 0.6 is 15.9 Å². The van der Waals surface area contributed by atoms with Crippen LogP contribution in [0.2, 0.25) is 0 Å². The molecule has 1 heterocycles. The molecule has 1 aromatic rings. The predicted octanol–water partition coefficient (Wildman–Crippen LogP) is 3.71. The van der Waals surface area contributed by atoms with E-state index in [0.29, 0.717) is 0 Å². The minimum Gasteiger partial charge on any atom is -0.330 e. The quantitative estimate of drug-likeness (QED) is 0.912. The molecule has 0 bridgehead atoms. The minimum absolute atomic E-state index is 0.111. The molecule has 1 aliphatic rings. The van der Waals surface area contributed by atoms with Crippen molar-refractivity contribution in [2.45, 2.75) is 32.2 Å². The van der Waals surface area contributed by atoms with Gasteiger partial charge in [0.15, 0.2) is 0 Å². The molecule has 0 aromatic heterocycles. The fourth-order valence-electron chi connectivity index (χ4n) is 2.90. The van der Waals surface area contributed by atoms with Gasteiger partial charge in [0.1, 0.15) is 5.82 Å². The molecular weight excluding hydrogens is 307 g/mol. The van der Waals surface area contributed by atoms with Crippen molar-refractivity contribution >= 4 is 15.9 Å². The van der Waals surface area contributed by atoms with E-state index in [-0.39, 0.29) is 11.9 Å². The summed E-state index contributed by atoms with van der Waals surface area (Å²) in [6.07, 6.45) is 3.47. The van der Waals surface area contributed by atoms with Crippen molar-refractivity contribution in [1.82, 2.24) is 4.90 Å². The predicted molar refractivity (Wildman–Crippen MR) is 80.5 cm³/mol. The standard InChI is InChI=1S/C15H22BrFN2/c1-11(14-10-13(16)2-3-15(14)17)19-8-5-12(4-7-18)6-9-19/h2-3,10-12H,4-9,18H2,1H3. The van der Waals surface area contributed by atoms with Gasteiger partial charge in [-0.1, -0.05) is 15.9 Å². The molecule has 1 atom stereocenters. The lowest BCUT2D eigenvalue weighted by Gasteiger charge is -2.36. The Morgan fingerprint density at radius 1 is 1.42 bits per heavy atom. The molecule has 4 heteroatoms. The van der Waals surface area contributed by atoms with Crippen LogP contribution in [0.3, 0.4) is 0 Å². The van der Waals surface area contributed by atoms with Gasteiger partial charge in [-0.05, 0) is 69.9 Å². The highest BCUT2D eigenvalue weighted by atomic mass is 79.9. The van der Waals surface area contributed by atoms with E-state index in [1.807, 2.05) is 6.07 Å². The van der Waals surface area contributed by atoms with Gasteiger partial charge >= 0.3 is 0 Å². The van der Waals surface area contributed by atoms with Gasteiger partial charge in [0.2, 0.25) is 0 Å². The SMILES string of the molecule is CC(c1cc(Br)ccc1F)N1CCC(CCN)CC1. The van der Waals surface area contributed by atoms with Gasteiger partial charge in [0.05, 0.1) is 0 Å². The highest BCUT2D eigenvalue weighted by Gasteiger charge is 2.24. The molecule has 1 unspecified atom stereocenters. The Morgan fingerprint density at radius 3 is 2.74 bits per heavy atom. The second-order valence-electron chi connectivity index (χ2n) is 5.40. The Kier molecular flexibility index (Phi) is 5.37. The lowest BCUT2D eigenvalue weighted by molar-refractivity contribution is 0.136. The van der Waals surface area contributed by atoms with E-state index in [9.17, 15) is 4.39 Å². The summed E-state index contributed by atoms with van der Waals surface area (Å²) in [6.45, 7) is 4.95. The van der Waals surface area contributed by atoms with Crippen molar-refractivity contribution in [2.75, 3.05) is 19.6 Å². The van der Waals surface area contributed by atoms with Gasteiger partial charge < -0.3 is 5.73 Å². The number of rotatable bonds is 4. The first-order valence-electron chi connectivity index (χ1n) is 7.01. The number of nitrogens with zero attached hydrogens (tertiary/aromatic N) is 1. The Hall–Kier alpha value is -0.450. The van der Waals surface area contributed by atoms with E-state index < -0.39 is 0 Å². The zero-order valence-electron chi connectivity index (χ0n) is 11.4. The maximum absolute atomic E-state index is 13.9. The first kappa shape index (κ1) is 14.9. The van der Waals surface area contributed by atoms with E-state index in [4.69, 9.17) is 5.73 Å². The van der Waals surface area contributed by atoms with E-state index in [0.717, 1.165) is 42.0 Å². The fraction of sp³-hybridized carbons (Fsp3) is 0.600. The first-order valence-corrected chi connectivity index (χ1v) is 7.80. The number of nitrogens with two attached hydrogens (primary N) is 1. The molecule has 106 valence electrons. The maximum atomic E-state index is 13.9. The van der Waals surface area contributed by atoms with Crippen LogP contribution < -0.4 is 5.73 Å². The zero-order valence-corrected chi connectivity index (χ0v) is 13.0. The number of halogens is 2. The lowest BCUT2D eigenvalue weighted by Crippen LogP contribution is -2.36. The molecule has 2 N–H and O–H groups in total. The fourth-order valence-corrected chi connectivity index (χ4v) is 3.27. The summed E-state index contributed by atoms with van der Waals surface area (Å²) >= 11 is 3.42. The van der Waals surface area contributed by atoms with Crippen LogP contribution in [0.5, 0.6) is 0 Å². The van der Waals surface area contributed by atoms with Crippen molar-refractivity contribution in [3.05, 3.63) is 34.1 Å². The molecule has 19 heavy (non-hydrogen) atoms. The lowest BCUT2D eigenvalue weighted by atomic mass is 9.92. The Bertz CT molecular complexity index is 417. The first-order chi connectivity index (χ1) is 9.11. The Morgan fingerprint density at radius 2 is 2.11 bits per heavy atom. The molecule has 1 fully saturated rings. The number of hydrogen-bond donors (Lipinski definition) is 1. The van der Waals surface area contributed by atoms with Crippen LogP contribution in [0.25, 0.3) is 0 Å². The third kappa shape index (κ3) is 3.77. The molecule has 0 saturated carbocycles. The van der Waals surface area contributed by atoms with Gasteiger partial charge in [-0.2, -0.15) is 0 Å². The van der Waals surface area contributed by atoms with Gasteiger partial charge in [0.25, 0.3) is 0 Å².